The van der Waals surface area contributed by atoms with Gasteiger partial charge in [0.05, 0.1) is 10.8 Å². The number of benzene rings is 1. The number of carbonyl (C=O) groups is 2. The monoisotopic (exact) mass is 344 g/mol. The van der Waals surface area contributed by atoms with Crippen LogP contribution in [-0.2, 0) is 9.59 Å². The Hall–Kier alpha value is -2.34. The van der Waals surface area contributed by atoms with Crippen molar-refractivity contribution in [1.82, 2.24) is 0 Å². The van der Waals surface area contributed by atoms with Crippen LogP contribution in [0.5, 0.6) is 0 Å². The quantitative estimate of drug-likeness (QED) is 0.607. The lowest BCUT2D eigenvalue weighted by atomic mass is 9.76. The Bertz CT molecular complexity index is 871. The molecule has 0 saturated heterocycles. The number of Topliss-reactive ketones (excluding diaryl/α,β-unsaturated/α-hetero) is 2. The molecule has 1 aromatic rings. The van der Waals surface area contributed by atoms with Crippen LogP contribution < -0.4 is 0 Å². The first-order valence-electron chi connectivity index (χ1n) is 7.77. The highest BCUT2D eigenvalue weighted by molar-refractivity contribution is 6.32. The summed E-state index contributed by atoms with van der Waals surface area (Å²) in [7, 11) is 0. The van der Waals surface area contributed by atoms with Crippen LogP contribution in [0, 0.1) is 16.0 Å². The topological polar surface area (TPSA) is 89.6 Å². The first-order valence-corrected chi connectivity index (χ1v) is 8.15. The summed E-state index contributed by atoms with van der Waals surface area (Å²) in [5.41, 5.74) is 2.47. The number of nitro benzene ring substituents is 1. The molecule has 6 nitrogen and oxygen atoms in total. The van der Waals surface area contributed by atoms with Gasteiger partial charge in [-0.15, -0.1) is 0 Å². The number of allylic oxidation sites excluding steroid dienone is 2. The first-order chi connectivity index (χ1) is 11.5. The van der Waals surface area contributed by atoms with Gasteiger partial charge in [-0.25, -0.2) is 0 Å². The zero-order valence-corrected chi connectivity index (χ0v) is 13.4. The normalized spacial score (nSPS) is 25.6. The van der Waals surface area contributed by atoms with E-state index in [4.69, 9.17) is 11.6 Å². The van der Waals surface area contributed by atoms with E-state index in [1.165, 1.54) is 12.1 Å². The van der Waals surface area contributed by atoms with Gasteiger partial charge in [0.1, 0.15) is 10.8 Å². The number of nitro groups is 1. The van der Waals surface area contributed by atoms with Crippen molar-refractivity contribution >= 4 is 34.6 Å². The number of aliphatic imine (C=N–C) groups is 1. The van der Waals surface area contributed by atoms with Gasteiger partial charge in [0.2, 0.25) is 0 Å². The van der Waals surface area contributed by atoms with Crippen LogP contribution in [0.4, 0.5) is 5.69 Å². The van der Waals surface area contributed by atoms with Gasteiger partial charge in [-0.2, -0.15) is 0 Å². The van der Waals surface area contributed by atoms with E-state index in [9.17, 15) is 19.7 Å². The molecule has 0 spiro atoms. The molecule has 1 aromatic carbocycles. The zero-order valence-electron chi connectivity index (χ0n) is 12.6. The third kappa shape index (κ3) is 2.13. The van der Waals surface area contributed by atoms with Gasteiger partial charge < -0.3 is 0 Å². The van der Waals surface area contributed by atoms with Gasteiger partial charge in [0.15, 0.2) is 5.78 Å². The fraction of sp³-hybridized carbons (Fsp3) is 0.353. The molecular formula is C17H13ClN2O4. The van der Waals surface area contributed by atoms with E-state index in [1.54, 1.807) is 6.07 Å². The number of nitrogens with zero attached hydrogens (tertiary/aromatic N) is 2. The molecule has 0 N–H and O–H groups in total. The smallest absolute Gasteiger partial charge is 0.288 e. The summed E-state index contributed by atoms with van der Waals surface area (Å²) in [6, 6.07) is 4.52. The van der Waals surface area contributed by atoms with Crippen molar-refractivity contribution in [3.63, 3.8) is 0 Å². The fourth-order valence-corrected chi connectivity index (χ4v) is 4.13. The Morgan fingerprint density at radius 2 is 1.92 bits per heavy atom. The summed E-state index contributed by atoms with van der Waals surface area (Å²) in [6.45, 7) is 0. The average molecular weight is 345 g/mol. The maximum absolute atomic E-state index is 12.4. The van der Waals surface area contributed by atoms with Crippen molar-refractivity contribution in [2.45, 2.75) is 31.6 Å². The molecule has 122 valence electrons. The lowest BCUT2D eigenvalue weighted by Gasteiger charge is -2.28. The number of hydrogen-bond acceptors (Lipinski definition) is 5. The number of carbonyl (C=O) groups excluding carboxylic acids is 2. The van der Waals surface area contributed by atoms with Gasteiger partial charge >= 0.3 is 0 Å². The molecule has 0 aromatic heterocycles. The maximum atomic E-state index is 12.4. The predicted octanol–water partition coefficient (Wildman–Crippen LogP) is 3.38. The Morgan fingerprint density at radius 1 is 1.12 bits per heavy atom. The van der Waals surface area contributed by atoms with Crippen LogP contribution >= 0.6 is 11.6 Å². The van der Waals surface area contributed by atoms with Crippen LogP contribution in [0.2, 0.25) is 5.02 Å². The highest BCUT2D eigenvalue weighted by Crippen LogP contribution is 2.48. The molecule has 0 radical (unpaired) electrons. The van der Waals surface area contributed by atoms with E-state index in [0.29, 0.717) is 36.8 Å². The molecule has 0 amide bonds. The molecule has 2 unspecified atom stereocenters. The molecule has 1 fully saturated rings. The van der Waals surface area contributed by atoms with E-state index in [0.717, 1.165) is 11.4 Å². The van der Waals surface area contributed by atoms with Gasteiger partial charge in [-0.1, -0.05) is 17.7 Å². The van der Waals surface area contributed by atoms with Crippen molar-refractivity contribution in [3.05, 3.63) is 50.2 Å². The number of fused-ring (bicyclic) bond motifs is 1. The van der Waals surface area contributed by atoms with Gasteiger partial charge in [0, 0.05) is 41.8 Å². The number of ketones is 2. The second kappa shape index (κ2) is 5.34. The fourth-order valence-electron chi connectivity index (χ4n) is 3.95. The van der Waals surface area contributed by atoms with Crippen LogP contribution in [0.15, 0.2) is 34.5 Å². The molecule has 2 atom stereocenters. The summed E-state index contributed by atoms with van der Waals surface area (Å²) >= 11 is 5.90. The van der Waals surface area contributed by atoms with Crippen molar-refractivity contribution in [1.29, 1.82) is 0 Å². The van der Waals surface area contributed by atoms with Crippen molar-refractivity contribution < 1.29 is 14.5 Å². The highest BCUT2D eigenvalue weighted by Gasteiger charge is 2.47. The maximum Gasteiger partial charge on any atom is 0.288 e. The van der Waals surface area contributed by atoms with Crippen LogP contribution in [-0.4, -0.2) is 22.2 Å². The Morgan fingerprint density at radius 3 is 2.67 bits per heavy atom. The first kappa shape index (κ1) is 15.2. The van der Waals surface area contributed by atoms with Crippen LogP contribution in [0.1, 0.15) is 37.2 Å². The van der Waals surface area contributed by atoms with Crippen LogP contribution in [0.25, 0.3) is 0 Å². The summed E-state index contributed by atoms with van der Waals surface area (Å²) in [5.74, 6) is -0.933. The standard InChI is InChI=1S/C17H13ClN2O4/c18-9-2-1-8(7-12(9)20(23)24)15-16-10(3-5-13(16)21)19-11-4-6-14(22)17(11)15/h1-2,7,15-16H,3-6H2. The van der Waals surface area contributed by atoms with Crippen molar-refractivity contribution in [2.24, 2.45) is 10.9 Å². The third-order valence-electron chi connectivity index (χ3n) is 4.98. The molecule has 0 bridgehead atoms. The second-order valence-corrected chi connectivity index (χ2v) is 6.68. The molecule has 2 aliphatic carbocycles. The van der Waals surface area contributed by atoms with Crippen molar-refractivity contribution in [3.8, 4) is 0 Å². The number of hydrogen-bond donors (Lipinski definition) is 0. The molecule has 4 rings (SSSR count). The minimum absolute atomic E-state index is 0.0184. The minimum atomic E-state index is -0.550. The predicted molar refractivity (Wildman–Crippen MR) is 87.3 cm³/mol. The van der Waals surface area contributed by atoms with Gasteiger partial charge in [-0.05, 0) is 24.5 Å². The van der Waals surface area contributed by atoms with E-state index in [1.807, 2.05) is 0 Å². The van der Waals surface area contributed by atoms with E-state index < -0.39 is 16.8 Å². The van der Waals surface area contributed by atoms with Crippen LogP contribution in [0.3, 0.4) is 0 Å². The highest BCUT2D eigenvalue weighted by atomic mass is 35.5. The summed E-state index contributed by atoms with van der Waals surface area (Å²) in [5, 5.41) is 11.2. The second-order valence-electron chi connectivity index (χ2n) is 6.28. The summed E-state index contributed by atoms with van der Waals surface area (Å²) in [4.78, 5) is 40.0. The third-order valence-corrected chi connectivity index (χ3v) is 5.30. The molecule has 1 heterocycles. The molecular weight excluding hydrogens is 332 g/mol. The molecule has 1 aliphatic heterocycles. The molecule has 7 heteroatoms. The number of rotatable bonds is 2. The Kier molecular flexibility index (Phi) is 3.38. The molecule has 1 saturated carbocycles. The SMILES string of the molecule is O=C1CCC2=C1C(c1ccc(Cl)c([N+](=O)[O-])c1)C1C(=O)CCC1=N2. The lowest BCUT2D eigenvalue weighted by Crippen LogP contribution is -2.29. The average Bonchev–Trinajstić information content (AvgIpc) is 3.10. The molecule has 3 aliphatic rings. The lowest BCUT2D eigenvalue weighted by molar-refractivity contribution is -0.384. The van der Waals surface area contributed by atoms with Gasteiger partial charge in [0.25, 0.3) is 5.69 Å². The van der Waals surface area contributed by atoms with E-state index >= 15 is 0 Å². The summed E-state index contributed by atoms with van der Waals surface area (Å²) in [6.07, 6.45) is 1.96. The van der Waals surface area contributed by atoms with E-state index in [-0.39, 0.29) is 22.3 Å². The minimum Gasteiger partial charge on any atom is -0.299 e. The Labute approximate surface area is 142 Å². The Balaban J connectivity index is 1.90. The largest absolute Gasteiger partial charge is 0.299 e. The summed E-state index contributed by atoms with van der Waals surface area (Å²) < 4.78 is 0. The number of halogens is 1. The van der Waals surface area contributed by atoms with E-state index in [2.05, 4.69) is 4.99 Å². The molecule has 24 heavy (non-hydrogen) atoms. The zero-order chi connectivity index (χ0) is 17.0. The van der Waals surface area contributed by atoms with Crippen molar-refractivity contribution in [2.75, 3.05) is 0 Å². The van der Waals surface area contributed by atoms with Gasteiger partial charge in [-0.3, -0.25) is 24.7 Å².